The van der Waals surface area contributed by atoms with Gasteiger partial charge in [-0.25, -0.2) is 14.3 Å². The third-order valence-corrected chi connectivity index (χ3v) is 3.24. The average molecular weight is 297 g/mol. The van der Waals surface area contributed by atoms with Crippen molar-refractivity contribution in [2.45, 2.75) is 6.92 Å². The van der Waals surface area contributed by atoms with Gasteiger partial charge in [-0.15, -0.1) is 0 Å². The van der Waals surface area contributed by atoms with Gasteiger partial charge in [-0.05, 0) is 25.1 Å². The lowest BCUT2D eigenvalue weighted by Crippen LogP contribution is -2.07. The minimum Gasteiger partial charge on any atom is -0.496 e. The van der Waals surface area contributed by atoms with E-state index in [1.165, 1.54) is 0 Å². The third kappa shape index (κ3) is 2.39. The molecule has 0 fully saturated rings. The topological polar surface area (TPSA) is 65.7 Å². The Hall–Kier alpha value is -2.89. The third-order valence-electron chi connectivity index (χ3n) is 3.24. The fourth-order valence-corrected chi connectivity index (χ4v) is 2.25. The molecule has 6 nitrogen and oxygen atoms in total. The molecule has 0 saturated carbocycles. The van der Waals surface area contributed by atoms with Gasteiger partial charge in [0.25, 0.3) is 0 Å². The maximum Gasteiger partial charge on any atom is 0.342 e. The van der Waals surface area contributed by atoms with Gasteiger partial charge in [-0.2, -0.15) is 5.10 Å². The first-order valence-corrected chi connectivity index (χ1v) is 6.89. The normalized spacial score (nSPS) is 10.6. The molecular weight excluding hydrogens is 282 g/mol. The Bertz CT molecular complexity index is 826. The fraction of sp³-hybridized carbons (Fsp3) is 0.188. The van der Waals surface area contributed by atoms with Crippen LogP contribution in [0.5, 0.6) is 5.75 Å². The standard InChI is InChI=1S/C16H15N3O3/c1-3-22-16(20)12-8-9-17-19-10-13(18-15(12)19)11-6-4-5-7-14(11)21-2/h4-10H,3H2,1-2H3. The van der Waals surface area contributed by atoms with E-state index in [2.05, 4.69) is 10.1 Å². The van der Waals surface area contributed by atoms with Gasteiger partial charge in [0.2, 0.25) is 0 Å². The number of benzene rings is 1. The molecule has 0 aliphatic heterocycles. The van der Waals surface area contributed by atoms with Gasteiger partial charge in [0.1, 0.15) is 11.3 Å². The lowest BCUT2D eigenvalue weighted by Gasteiger charge is -2.04. The molecule has 0 unspecified atom stereocenters. The van der Waals surface area contributed by atoms with Gasteiger partial charge >= 0.3 is 5.97 Å². The lowest BCUT2D eigenvalue weighted by atomic mass is 10.1. The van der Waals surface area contributed by atoms with Crippen LogP contribution in [-0.4, -0.2) is 34.3 Å². The number of methoxy groups -OCH3 is 1. The Morgan fingerprint density at radius 2 is 2.09 bits per heavy atom. The van der Waals surface area contributed by atoms with Crippen molar-refractivity contribution in [2.75, 3.05) is 13.7 Å². The van der Waals surface area contributed by atoms with Crippen LogP contribution in [0.4, 0.5) is 0 Å². The first-order valence-electron chi connectivity index (χ1n) is 6.89. The minimum absolute atomic E-state index is 0.313. The van der Waals surface area contributed by atoms with Gasteiger partial charge in [0.05, 0.1) is 25.6 Å². The van der Waals surface area contributed by atoms with E-state index in [0.717, 1.165) is 5.56 Å². The van der Waals surface area contributed by atoms with Gasteiger partial charge in [-0.1, -0.05) is 12.1 Å². The van der Waals surface area contributed by atoms with Crippen LogP contribution in [0.1, 0.15) is 17.3 Å². The van der Waals surface area contributed by atoms with E-state index in [1.807, 2.05) is 24.3 Å². The molecule has 1 aromatic carbocycles. The highest BCUT2D eigenvalue weighted by Gasteiger charge is 2.16. The largest absolute Gasteiger partial charge is 0.496 e. The Balaban J connectivity index is 2.14. The second kappa shape index (κ2) is 5.85. The molecule has 6 heteroatoms. The molecule has 112 valence electrons. The molecule has 3 rings (SSSR count). The summed E-state index contributed by atoms with van der Waals surface area (Å²) in [6, 6.07) is 9.16. The number of para-hydroxylation sites is 1. The summed E-state index contributed by atoms with van der Waals surface area (Å²) in [4.78, 5) is 16.5. The molecule has 2 aromatic heterocycles. The van der Waals surface area contributed by atoms with E-state index in [-0.39, 0.29) is 0 Å². The predicted molar refractivity (Wildman–Crippen MR) is 80.9 cm³/mol. The number of carbonyl (C=O) groups excluding carboxylic acids is 1. The Labute approximate surface area is 127 Å². The van der Waals surface area contributed by atoms with Crippen LogP contribution in [0, 0.1) is 0 Å². The van der Waals surface area contributed by atoms with Crippen molar-refractivity contribution < 1.29 is 14.3 Å². The number of fused-ring (bicyclic) bond motifs is 1. The van der Waals surface area contributed by atoms with Gasteiger partial charge in [-0.3, -0.25) is 0 Å². The zero-order valence-corrected chi connectivity index (χ0v) is 12.3. The molecule has 0 amide bonds. The van der Waals surface area contributed by atoms with Crippen molar-refractivity contribution in [1.29, 1.82) is 0 Å². The molecule has 0 aliphatic rings. The number of carbonyl (C=O) groups is 1. The van der Waals surface area contributed by atoms with Crippen molar-refractivity contribution in [3.05, 3.63) is 48.3 Å². The Morgan fingerprint density at radius 1 is 1.27 bits per heavy atom. The molecule has 0 saturated heterocycles. The Morgan fingerprint density at radius 3 is 2.86 bits per heavy atom. The summed E-state index contributed by atoms with van der Waals surface area (Å²) in [7, 11) is 1.61. The van der Waals surface area contributed by atoms with E-state index in [1.54, 1.807) is 37.0 Å². The van der Waals surface area contributed by atoms with Crippen LogP contribution in [-0.2, 0) is 4.74 Å². The molecule has 0 N–H and O–H groups in total. The summed E-state index contributed by atoms with van der Waals surface area (Å²) in [5.74, 6) is 0.302. The SMILES string of the molecule is CCOC(=O)c1ccnn2cc(-c3ccccc3OC)nc12. The summed E-state index contributed by atoms with van der Waals surface area (Å²) in [6.07, 6.45) is 3.31. The quantitative estimate of drug-likeness (QED) is 0.692. The molecule has 2 heterocycles. The van der Waals surface area contributed by atoms with E-state index >= 15 is 0 Å². The van der Waals surface area contributed by atoms with Crippen molar-refractivity contribution >= 4 is 11.6 Å². The van der Waals surface area contributed by atoms with Crippen molar-refractivity contribution in [3.8, 4) is 17.0 Å². The Kier molecular flexibility index (Phi) is 3.74. The average Bonchev–Trinajstić information content (AvgIpc) is 2.98. The first kappa shape index (κ1) is 14.1. The van der Waals surface area contributed by atoms with Crippen molar-refractivity contribution in [1.82, 2.24) is 14.6 Å². The van der Waals surface area contributed by atoms with Crippen LogP contribution in [0.2, 0.25) is 0 Å². The number of nitrogens with zero attached hydrogens (tertiary/aromatic N) is 3. The second-order valence-corrected chi connectivity index (χ2v) is 4.56. The summed E-state index contributed by atoms with van der Waals surface area (Å²) in [6.45, 7) is 2.08. The highest BCUT2D eigenvalue weighted by molar-refractivity contribution is 5.96. The number of aromatic nitrogens is 3. The highest BCUT2D eigenvalue weighted by Crippen LogP contribution is 2.29. The lowest BCUT2D eigenvalue weighted by molar-refractivity contribution is 0.0527. The number of hydrogen-bond donors (Lipinski definition) is 0. The molecule has 3 aromatic rings. The van der Waals surface area contributed by atoms with Crippen molar-refractivity contribution in [3.63, 3.8) is 0 Å². The number of rotatable bonds is 4. The van der Waals surface area contributed by atoms with Crippen LogP contribution in [0.15, 0.2) is 42.7 Å². The second-order valence-electron chi connectivity index (χ2n) is 4.56. The van der Waals surface area contributed by atoms with Crippen molar-refractivity contribution in [2.24, 2.45) is 0 Å². The number of hydrogen-bond acceptors (Lipinski definition) is 5. The maximum absolute atomic E-state index is 12.0. The molecule has 0 aliphatic carbocycles. The van der Waals surface area contributed by atoms with Gasteiger partial charge < -0.3 is 9.47 Å². The highest BCUT2D eigenvalue weighted by atomic mass is 16.5. The molecule has 0 atom stereocenters. The predicted octanol–water partition coefficient (Wildman–Crippen LogP) is 2.58. The zero-order chi connectivity index (χ0) is 15.5. The van der Waals surface area contributed by atoms with E-state index in [9.17, 15) is 4.79 Å². The number of esters is 1. The summed E-state index contributed by atoms with van der Waals surface area (Å²) in [5, 5.41) is 4.19. The smallest absolute Gasteiger partial charge is 0.342 e. The molecule has 0 spiro atoms. The molecule has 0 bridgehead atoms. The number of imidazole rings is 1. The molecule has 0 radical (unpaired) electrons. The summed E-state index contributed by atoms with van der Waals surface area (Å²) >= 11 is 0. The van der Waals surface area contributed by atoms with Crippen LogP contribution in [0.3, 0.4) is 0 Å². The summed E-state index contributed by atoms with van der Waals surface area (Å²) < 4.78 is 12.0. The van der Waals surface area contributed by atoms with Crippen LogP contribution < -0.4 is 4.74 Å². The van der Waals surface area contributed by atoms with E-state index < -0.39 is 5.97 Å². The zero-order valence-electron chi connectivity index (χ0n) is 12.3. The fourth-order valence-electron chi connectivity index (χ4n) is 2.25. The van der Waals surface area contributed by atoms with E-state index in [4.69, 9.17) is 9.47 Å². The summed E-state index contributed by atoms with van der Waals surface area (Å²) in [5.41, 5.74) is 2.37. The monoisotopic (exact) mass is 297 g/mol. The molecule has 22 heavy (non-hydrogen) atoms. The minimum atomic E-state index is -0.410. The first-order chi connectivity index (χ1) is 10.7. The van der Waals surface area contributed by atoms with Gasteiger partial charge in [0, 0.05) is 11.8 Å². The van der Waals surface area contributed by atoms with E-state index in [0.29, 0.717) is 29.3 Å². The molecular formula is C16H15N3O3. The number of ether oxygens (including phenoxy) is 2. The van der Waals surface area contributed by atoms with Gasteiger partial charge in [0.15, 0.2) is 5.65 Å². The van der Waals surface area contributed by atoms with Crippen LogP contribution in [0.25, 0.3) is 16.9 Å². The maximum atomic E-state index is 12.0. The van der Waals surface area contributed by atoms with Crippen LogP contribution >= 0.6 is 0 Å².